The molecule has 1 aliphatic rings. The molecular formula is C37H33N5O5S2. The van der Waals surface area contributed by atoms with Gasteiger partial charge in [-0.3, -0.25) is 14.5 Å². The molecule has 1 aliphatic heterocycles. The summed E-state index contributed by atoms with van der Waals surface area (Å²) in [5.74, 6) is -0.411. The third-order valence-electron chi connectivity index (χ3n) is 8.47. The summed E-state index contributed by atoms with van der Waals surface area (Å²) in [6.07, 6.45) is 1.84. The van der Waals surface area contributed by atoms with Crippen molar-refractivity contribution in [2.45, 2.75) is 43.8 Å². The Bertz CT molecular complexity index is 2270. The molecule has 0 saturated carbocycles. The van der Waals surface area contributed by atoms with Gasteiger partial charge in [0.1, 0.15) is 11.3 Å². The minimum Gasteiger partial charge on any atom is -0.505 e. The van der Waals surface area contributed by atoms with Gasteiger partial charge in [0.25, 0.3) is 5.78 Å². The van der Waals surface area contributed by atoms with Gasteiger partial charge in [0.05, 0.1) is 30.5 Å². The SMILES string of the molecule is CCOc1ccc(C2C(=C(O)c3nc4c(C)cccn4c3C)C(=O)C(=O)N2c2nnc(SCc3cccc4ccccc34)s2)cc1OCC. The summed E-state index contributed by atoms with van der Waals surface area (Å²) in [6, 6.07) is 22.4. The maximum Gasteiger partial charge on any atom is 0.301 e. The number of imidazole rings is 1. The van der Waals surface area contributed by atoms with Gasteiger partial charge in [-0.1, -0.05) is 77.7 Å². The summed E-state index contributed by atoms with van der Waals surface area (Å²) >= 11 is 2.72. The Hall–Kier alpha value is -5.20. The Morgan fingerprint density at radius 2 is 1.71 bits per heavy atom. The number of Topliss-reactive ketones (excluding diaryl/α,β-unsaturated/α-hetero) is 1. The summed E-state index contributed by atoms with van der Waals surface area (Å²) in [5.41, 5.74) is 3.98. The molecule has 49 heavy (non-hydrogen) atoms. The average molecular weight is 692 g/mol. The number of hydrogen-bond donors (Lipinski definition) is 1. The van der Waals surface area contributed by atoms with E-state index in [2.05, 4.69) is 34.5 Å². The van der Waals surface area contributed by atoms with E-state index >= 15 is 0 Å². The zero-order chi connectivity index (χ0) is 34.2. The van der Waals surface area contributed by atoms with Crippen molar-refractivity contribution in [3.63, 3.8) is 0 Å². The second kappa shape index (κ2) is 13.4. The van der Waals surface area contributed by atoms with Crippen LogP contribution in [0.3, 0.4) is 0 Å². The molecule has 1 amide bonds. The second-order valence-electron chi connectivity index (χ2n) is 11.4. The lowest BCUT2D eigenvalue weighted by atomic mass is 9.96. The van der Waals surface area contributed by atoms with E-state index in [9.17, 15) is 14.7 Å². The van der Waals surface area contributed by atoms with Crippen LogP contribution in [0.25, 0.3) is 22.2 Å². The van der Waals surface area contributed by atoms with Crippen LogP contribution in [-0.4, -0.2) is 49.6 Å². The first-order valence-electron chi connectivity index (χ1n) is 15.9. The van der Waals surface area contributed by atoms with Gasteiger partial charge in [-0.05, 0) is 73.4 Å². The fraction of sp³-hybridized carbons (Fsp3) is 0.216. The number of carbonyl (C=O) groups is 2. The number of pyridine rings is 1. The van der Waals surface area contributed by atoms with E-state index in [0.717, 1.165) is 21.9 Å². The van der Waals surface area contributed by atoms with E-state index in [-0.39, 0.29) is 22.2 Å². The van der Waals surface area contributed by atoms with E-state index in [1.807, 2.05) is 68.6 Å². The van der Waals surface area contributed by atoms with Crippen molar-refractivity contribution < 1.29 is 24.2 Å². The van der Waals surface area contributed by atoms with Crippen LogP contribution in [-0.2, 0) is 15.3 Å². The minimum atomic E-state index is -1.04. The molecule has 6 aromatic rings. The summed E-state index contributed by atoms with van der Waals surface area (Å²) in [7, 11) is 0. The first-order chi connectivity index (χ1) is 23.8. The van der Waals surface area contributed by atoms with Crippen molar-refractivity contribution in [2.24, 2.45) is 0 Å². The number of anilines is 1. The molecule has 3 aromatic carbocycles. The fourth-order valence-electron chi connectivity index (χ4n) is 6.17. The van der Waals surface area contributed by atoms with Gasteiger partial charge in [0.15, 0.2) is 21.6 Å². The number of carbonyl (C=O) groups excluding carboxylic acids is 2. The van der Waals surface area contributed by atoms with Crippen LogP contribution in [0.2, 0.25) is 0 Å². The third-order valence-corrected chi connectivity index (χ3v) is 10.6. The zero-order valence-electron chi connectivity index (χ0n) is 27.3. The number of amides is 1. The Morgan fingerprint density at radius 3 is 2.51 bits per heavy atom. The van der Waals surface area contributed by atoms with E-state index in [4.69, 9.17) is 14.5 Å². The summed E-state index contributed by atoms with van der Waals surface area (Å²) in [4.78, 5) is 33.9. The Balaban J connectivity index is 1.32. The summed E-state index contributed by atoms with van der Waals surface area (Å²) in [5, 5.41) is 23.2. The molecule has 7 rings (SSSR count). The number of benzene rings is 3. The van der Waals surface area contributed by atoms with Crippen molar-refractivity contribution in [2.75, 3.05) is 18.1 Å². The van der Waals surface area contributed by atoms with Crippen molar-refractivity contribution in [3.05, 3.63) is 113 Å². The maximum atomic E-state index is 14.0. The molecule has 0 spiro atoms. The molecule has 10 nitrogen and oxygen atoms in total. The van der Waals surface area contributed by atoms with Gasteiger partial charge < -0.3 is 19.0 Å². The average Bonchev–Trinajstić information content (AvgIpc) is 3.79. The van der Waals surface area contributed by atoms with Gasteiger partial charge >= 0.3 is 5.91 Å². The van der Waals surface area contributed by atoms with Gasteiger partial charge in [-0.25, -0.2) is 4.98 Å². The van der Waals surface area contributed by atoms with Crippen molar-refractivity contribution in [3.8, 4) is 11.5 Å². The molecule has 0 bridgehead atoms. The fourth-order valence-corrected chi connectivity index (χ4v) is 8.04. The normalized spacial score (nSPS) is 15.8. The maximum absolute atomic E-state index is 14.0. The van der Waals surface area contributed by atoms with Crippen LogP contribution in [0.15, 0.2) is 88.9 Å². The minimum absolute atomic E-state index is 0.0964. The molecule has 1 fully saturated rings. The van der Waals surface area contributed by atoms with E-state index in [0.29, 0.717) is 51.7 Å². The number of rotatable bonds is 10. The smallest absolute Gasteiger partial charge is 0.301 e. The molecule has 1 N–H and O–H groups in total. The first kappa shape index (κ1) is 32.4. The number of aliphatic hydroxyl groups is 1. The quantitative estimate of drug-likeness (QED) is 0.0507. The largest absolute Gasteiger partial charge is 0.505 e. The van der Waals surface area contributed by atoms with Crippen LogP contribution in [0, 0.1) is 13.8 Å². The number of fused-ring (bicyclic) bond motifs is 2. The standard InChI is InChI=1S/C37H33N5O5S2/c1-5-46-27-17-16-24(19-28(27)47-6-2)31-29(32(43)30-22(4)41-18-10-11-21(3)34(41)38-30)33(44)35(45)42(31)36-39-40-37(49-36)48-20-25-14-9-13-23-12-7-8-15-26(23)25/h7-19,31,43H,5-6,20H2,1-4H3. The Morgan fingerprint density at radius 1 is 0.939 bits per heavy atom. The molecule has 0 radical (unpaired) electrons. The number of nitrogens with zero attached hydrogens (tertiary/aromatic N) is 5. The number of thioether (sulfide) groups is 1. The molecule has 248 valence electrons. The highest BCUT2D eigenvalue weighted by Gasteiger charge is 2.49. The number of ether oxygens (including phenoxy) is 2. The van der Waals surface area contributed by atoms with Crippen LogP contribution >= 0.6 is 23.1 Å². The highest BCUT2D eigenvalue weighted by Crippen LogP contribution is 2.46. The molecule has 3 aromatic heterocycles. The van der Waals surface area contributed by atoms with Crippen LogP contribution in [0.5, 0.6) is 11.5 Å². The Kier molecular flexibility index (Phi) is 8.82. The van der Waals surface area contributed by atoms with Crippen LogP contribution < -0.4 is 14.4 Å². The number of aryl methyl sites for hydroxylation is 2. The zero-order valence-corrected chi connectivity index (χ0v) is 29.0. The first-order valence-corrected chi connectivity index (χ1v) is 17.7. The highest BCUT2D eigenvalue weighted by molar-refractivity contribution is 8.00. The van der Waals surface area contributed by atoms with Crippen molar-refractivity contribution in [1.29, 1.82) is 0 Å². The molecule has 1 unspecified atom stereocenters. The van der Waals surface area contributed by atoms with E-state index < -0.39 is 17.7 Å². The van der Waals surface area contributed by atoms with Gasteiger partial charge in [0.2, 0.25) is 5.13 Å². The van der Waals surface area contributed by atoms with Gasteiger partial charge in [-0.2, -0.15) is 0 Å². The molecule has 0 aliphatic carbocycles. The lowest BCUT2D eigenvalue weighted by Crippen LogP contribution is -2.29. The topological polar surface area (TPSA) is 119 Å². The van der Waals surface area contributed by atoms with E-state index in [1.165, 1.54) is 28.0 Å². The predicted molar refractivity (Wildman–Crippen MR) is 192 cm³/mol. The lowest BCUT2D eigenvalue weighted by Gasteiger charge is -2.23. The molecular weight excluding hydrogens is 659 g/mol. The van der Waals surface area contributed by atoms with Crippen LogP contribution in [0.4, 0.5) is 5.13 Å². The lowest BCUT2D eigenvalue weighted by molar-refractivity contribution is -0.132. The molecule has 4 heterocycles. The van der Waals surface area contributed by atoms with Gasteiger partial charge in [0, 0.05) is 11.9 Å². The summed E-state index contributed by atoms with van der Waals surface area (Å²) < 4.78 is 14.2. The molecule has 1 saturated heterocycles. The summed E-state index contributed by atoms with van der Waals surface area (Å²) in [6.45, 7) is 8.27. The van der Waals surface area contributed by atoms with E-state index in [1.54, 1.807) is 18.2 Å². The van der Waals surface area contributed by atoms with Crippen molar-refractivity contribution in [1.82, 2.24) is 19.6 Å². The monoisotopic (exact) mass is 691 g/mol. The number of ketones is 1. The highest BCUT2D eigenvalue weighted by atomic mass is 32.2. The number of hydrogen-bond acceptors (Lipinski definition) is 10. The number of aromatic nitrogens is 4. The molecule has 12 heteroatoms. The van der Waals surface area contributed by atoms with Crippen molar-refractivity contribution >= 4 is 62.1 Å². The van der Waals surface area contributed by atoms with Crippen LogP contribution in [0.1, 0.15) is 48.0 Å². The Labute approximate surface area is 291 Å². The third kappa shape index (κ3) is 5.80. The predicted octanol–water partition coefficient (Wildman–Crippen LogP) is 7.67. The second-order valence-corrected chi connectivity index (χ2v) is 13.6. The molecule has 1 atom stereocenters. The van der Waals surface area contributed by atoms with Gasteiger partial charge in [-0.15, -0.1) is 10.2 Å². The number of aliphatic hydroxyl groups excluding tert-OH is 1.